The third-order valence-corrected chi connectivity index (χ3v) is 4.98. The zero-order chi connectivity index (χ0) is 13.4. The number of fused-ring (bicyclic) bond motifs is 1. The minimum absolute atomic E-state index is 0.000492. The number of hydrogen-bond donors (Lipinski definition) is 1. The molecule has 1 aromatic carbocycles. The van der Waals surface area contributed by atoms with Gasteiger partial charge in [-0.3, -0.25) is 0 Å². The van der Waals surface area contributed by atoms with Crippen LogP contribution in [-0.2, 0) is 0 Å². The van der Waals surface area contributed by atoms with E-state index in [4.69, 9.17) is 15.2 Å². The van der Waals surface area contributed by atoms with Gasteiger partial charge in [-0.25, -0.2) is 0 Å². The van der Waals surface area contributed by atoms with Crippen LogP contribution in [0.3, 0.4) is 0 Å². The summed E-state index contributed by atoms with van der Waals surface area (Å²) in [6.07, 6.45) is 0.817. The molecule has 0 amide bonds. The topological polar surface area (TPSA) is 44.5 Å². The van der Waals surface area contributed by atoms with Gasteiger partial charge in [-0.2, -0.15) is 0 Å². The van der Waals surface area contributed by atoms with E-state index in [2.05, 4.69) is 22.0 Å². The first-order valence-electron chi connectivity index (χ1n) is 6.03. The van der Waals surface area contributed by atoms with Gasteiger partial charge in [0.2, 0.25) is 0 Å². The molecule has 0 radical (unpaired) electrons. The molecule has 100 valence electrons. The standard InChI is InChI=1S/C14H14BrNO2S/c1-17-8-2-3-9-10(16)7-12(18-11(9)6-8)13-4-5-14(15)19-13/h2-6,10,12H,7,16H2,1H3/t10-,12?/m0/s1. The highest BCUT2D eigenvalue weighted by atomic mass is 79.9. The number of methoxy groups -OCH3 is 1. The second-order valence-corrected chi connectivity index (χ2v) is 6.99. The molecule has 2 N–H and O–H groups in total. The summed E-state index contributed by atoms with van der Waals surface area (Å²) in [4.78, 5) is 1.19. The average molecular weight is 340 g/mol. The van der Waals surface area contributed by atoms with Crippen molar-refractivity contribution < 1.29 is 9.47 Å². The van der Waals surface area contributed by atoms with E-state index < -0.39 is 0 Å². The maximum absolute atomic E-state index is 6.24. The molecule has 0 spiro atoms. The lowest BCUT2D eigenvalue weighted by Crippen LogP contribution is -2.23. The lowest BCUT2D eigenvalue weighted by Gasteiger charge is -2.30. The summed E-state index contributed by atoms with van der Waals surface area (Å²) in [6.45, 7) is 0. The minimum atomic E-state index is 0.000492. The van der Waals surface area contributed by atoms with Crippen molar-refractivity contribution >= 4 is 27.3 Å². The van der Waals surface area contributed by atoms with E-state index >= 15 is 0 Å². The molecule has 2 aromatic rings. The number of hydrogen-bond acceptors (Lipinski definition) is 4. The molecule has 2 heterocycles. The smallest absolute Gasteiger partial charge is 0.135 e. The van der Waals surface area contributed by atoms with E-state index in [-0.39, 0.29) is 12.1 Å². The Hall–Kier alpha value is -1.04. The molecule has 0 saturated carbocycles. The molecular formula is C14H14BrNO2S. The Kier molecular flexibility index (Phi) is 3.52. The van der Waals surface area contributed by atoms with Crippen molar-refractivity contribution in [3.63, 3.8) is 0 Å². The molecule has 19 heavy (non-hydrogen) atoms. The van der Waals surface area contributed by atoms with Crippen LogP contribution in [-0.4, -0.2) is 7.11 Å². The van der Waals surface area contributed by atoms with Gasteiger partial charge in [0.15, 0.2) is 0 Å². The maximum Gasteiger partial charge on any atom is 0.135 e. The van der Waals surface area contributed by atoms with E-state index in [1.165, 1.54) is 4.88 Å². The van der Waals surface area contributed by atoms with Crippen LogP contribution in [0.2, 0.25) is 0 Å². The third kappa shape index (κ3) is 2.50. The van der Waals surface area contributed by atoms with Crippen LogP contribution in [0.4, 0.5) is 0 Å². The highest BCUT2D eigenvalue weighted by Crippen LogP contribution is 2.43. The number of halogens is 1. The first kappa shape index (κ1) is 13.0. The van der Waals surface area contributed by atoms with Crippen molar-refractivity contribution in [3.05, 3.63) is 44.6 Å². The Morgan fingerprint density at radius 1 is 1.37 bits per heavy atom. The van der Waals surface area contributed by atoms with Gasteiger partial charge in [0.1, 0.15) is 17.6 Å². The quantitative estimate of drug-likeness (QED) is 0.897. The monoisotopic (exact) mass is 339 g/mol. The molecule has 1 unspecified atom stereocenters. The van der Waals surface area contributed by atoms with Gasteiger partial charge in [0.05, 0.1) is 10.9 Å². The van der Waals surface area contributed by atoms with Crippen LogP contribution in [0, 0.1) is 0 Å². The number of ether oxygens (including phenoxy) is 2. The van der Waals surface area contributed by atoms with Gasteiger partial charge in [-0.15, -0.1) is 11.3 Å². The molecule has 1 aliphatic heterocycles. The fourth-order valence-corrected chi connectivity index (χ4v) is 3.75. The SMILES string of the molecule is COc1ccc2c(c1)OC(c1ccc(Br)s1)C[C@@H]2N. The maximum atomic E-state index is 6.24. The molecule has 1 aliphatic rings. The summed E-state index contributed by atoms with van der Waals surface area (Å²) in [5.41, 5.74) is 7.29. The Bertz CT molecular complexity index is 599. The van der Waals surface area contributed by atoms with Crippen LogP contribution in [0.25, 0.3) is 0 Å². The van der Waals surface area contributed by atoms with Crippen LogP contribution in [0.15, 0.2) is 34.1 Å². The molecule has 0 fully saturated rings. The first-order valence-corrected chi connectivity index (χ1v) is 7.63. The van der Waals surface area contributed by atoms with Gasteiger partial charge in [0.25, 0.3) is 0 Å². The Morgan fingerprint density at radius 3 is 2.89 bits per heavy atom. The van der Waals surface area contributed by atoms with Crippen molar-refractivity contribution in [2.24, 2.45) is 5.73 Å². The molecule has 5 heteroatoms. The second kappa shape index (κ2) is 5.15. The van der Waals surface area contributed by atoms with Crippen LogP contribution >= 0.6 is 27.3 Å². The number of benzene rings is 1. The van der Waals surface area contributed by atoms with Gasteiger partial charge in [-0.05, 0) is 34.1 Å². The van der Waals surface area contributed by atoms with Gasteiger partial charge in [0, 0.05) is 29.0 Å². The molecule has 1 aromatic heterocycles. The lowest BCUT2D eigenvalue weighted by molar-refractivity contribution is 0.164. The van der Waals surface area contributed by atoms with Crippen LogP contribution < -0.4 is 15.2 Å². The summed E-state index contributed by atoms with van der Waals surface area (Å²) in [5.74, 6) is 1.62. The summed E-state index contributed by atoms with van der Waals surface area (Å²) in [6, 6.07) is 9.93. The van der Waals surface area contributed by atoms with E-state index in [0.717, 1.165) is 27.3 Å². The lowest BCUT2D eigenvalue weighted by atomic mass is 9.96. The van der Waals surface area contributed by atoms with Crippen molar-refractivity contribution in [2.45, 2.75) is 18.6 Å². The minimum Gasteiger partial charge on any atom is -0.497 e. The summed E-state index contributed by atoms with van der Waals surface area (Å²) in [7, 11) is 1.65. The van der Waals surface area contributed by atoms with Crippen LogP contribution in [0.5, 0.6) is 11.5 Å². The predicted octanol–water partition coefficient (Wildman–Crippen LogP) is 4.04. The van der Waals surface area contributed by atoms with Crippen molar-refractivity contribution in [2.75, 3.05) is 7.11 Å². The molecule has 0 aliphatic carbocycles. The summed E-state index contributed by atoms with van der Waals surface area (Å²) in [5, 5.41) is 0. The van der Waals surface area contributed by atoms with Crippen LogP contribution in [0.1, 0.15) is 29.0 Å². The van der Waals surface area contributed by atoms with E-state index in [0.29, 0.717) is 0 Å². The molecule has 3 rings (SSSR count). The zero-order valence-electron chi connectivity index (χ0n) is 10.4. The predicted molar refractivity (Wildman–Crippen MR) is 79.9 cm³/mol. The normalized spacial score (nSPS) is 21.6. The Balaban J connectivity index is 1.93. The fraction of sp³-hybridized carbons (Fsp3) is 0.286. The summed E-state index contributed by atoms with van der Waals surface area (Å²) >= 11 is 5.17. The molecule has 0 saturated heterocycles. The number of nitrogens with two attached hydrogens (primary N) is 1. The van der Waals surface area contributed by atoms with Gasteiger partial charge >= 0.3 is 0 Å². The highest BCUT2D eigenvalue weighted by Gasteiger charge is 2.28. The molecule has 0 bridgehead atoms. The zero-order valence-corrected chi connectivity index (χ0v) is 12.8. The molecular weight excluding hydrogens is 326 g/mol. The Morgan fingerprint density at radius 2 is 2.21 bits per heavy atom. The van der Waals surface area contributed by atoms with Gasteiger partial charge in [-0.1, -0.05) is 6.07 Å². The number of rotatable bonds is 2. The number of thiophene rings is 1. The second-order valence-electron chi connectivity index (χ2n) is 4.49. The van der Waals surface area contributed by atoms with Crippen molar-refractivity contribution in [3.8, 4) is 11.5 Å². The van der Waals surface area contributed by atoms with Gasteiger partial charge < -0.3 is 15.2 Å². The Labute approximate surface area is 124 Å². The largest absolute Gasteiger partial charge is 0.497 e. The molecule has 2 atom stereocenters. The highest BCUT2D eigenvalue weighted by molar-refractivity contribution is 9.11. The van der Waals surface area contributed by atoms with Crippen molar-refractivity contribution in [1.29, 1.82) is 0 Å². The fourth-order valence-electron chi connectivity index (χ4n) is 2.28. The van der Waals surface area contributed by atoms with E-state index in [9.17, 15) is 0 Å². The third-order valence-electron chi connectivity index (χ3n) is 3.27. The van der Waals surface area contributed by atoms with E-state index in [1.54, 1.807) is 18.4 Å². The van der Waals surface area contributed by atoms with Crippen molar-refractivity contribution in [1.82, 2.24) is 0 Å². The van der Waals surface area contributed by atoms with E-state index in [1.807, 2.05) is 24.3 Å². The first-order chi connectivity index (χ1) is 9.17. The molecule has 3 nitrogen and oxygen atoms in total. The summed E-state index contributed by atoms with van der Waals surface area (Å²) < 4.78 is 12.4. The average Bonchev–Trinajstić information content (AvgIpc) is 2.84.